The summed E-state index contributed by atoms with van der Waals surface area (Å²) in [6.45, 7) is 13.6. The molecule has 0 radical (unpaired) electrons. The van der Waals surface area contributed by atoms with Crippen LogP contribution in [0.5, 0.6) is 0 Å². The number of carbonyl (C=O) groups is 1. The van der Waals surface area contributed by atoms with E-state index in [2.05, 4.69) is 199 Å². The minimum absolute atomic E-state index is 0.0671. The third-order valence-corrected chi connectivity index (χ3v) is 22.7. The second kappa shape index (κ2) is 36.4. The molecule has 12 nitrogen and oxygen atoms in total. The van der Waals surface area contributed by atoms with Crippen LogP contribution in [0.15, 0.2) is 188 Å². The Bertz CT molecular complexity index is 4440. The number of halogens is 4. The number of anilines is 7. The first kappa shape index (κ1) is 77.2. The molecule has 105 heavy (non-hydrogen) atoms. The summed E-state index contributed by atoms with van der Waals surface area (Å²) in [5.74, 6) is -0.192. The summed E-state index contributed by atoms with van der Waals surface area (Å²) in [4.78, 5) is 32.3. The number of nitriles is 1. The van der Waals surface area contributed by atoms with E-state index in [1.807, 2.05) is 85.9 Å². The number of hydrogen-bond donors (Lipinski definition) is 0. The third kappa shape index (κ3) is 19.6. The molecule has 0 saturated carbocycles. The van der Waals surface area contributed by atoms with Gasteiger partial charge in [-0.1, -0.05) is 144 Å². The number of piperidine rings is 1. The molecule has 550 valence electrons. The van der Waals surface area contributed by atoms with Crippen molar-refractivity contribution in [2.75, 3.05) is 156 Å². The van der Waals surface area contributed by atoms with E-state index in [4.69, 9.17) is 44.8 Å². The lowest BCUT2D eigenvalue weighted by Gasteiger charge is -2.39. The van der Waals surface area contributed by atoms with Gasteiger partial charge in [-0.15, -0.1) is 0 Å². The maximum atomic E-state index is 13.8. The molecule has 9 aromatic carbocycles. The van der Waals surface area contributed by atoms with Crippen LogP contribution in [0.3, 0.4) is 0 Å². The first-order valence-corrected chi connectivity index (χ1v) is 38.4. The van der Waals surface area contributed by atoms with Gasteiger partial charge >= 0.3 is 6.09 Å². The lowest BCUT2D eigenvalue weighted by Crippen LogP contribution is -2.47. The topological polar surface area (TPSA) is 79.2 Å². The molecule has 9 heterocycles. The number of likely N-dealkylation sites (N-methyl/N-ethyl adjacent to an activating group) is 6. The summed E-state index contributed by atoms with van der Waals surface area (Å²) in [6, 6.07) is 65.3. The van der Waals surface area contributed by atoms with Gasteiger partial charge < -0.3 is 48.8 Å². The van der Waals surface area contributed by atoms with Crippen LogP contribution < -0.4 is 34.3 Å². The van der Waals surface area contributed by atoms with Gasteiger partial charge in [0.05, 0.1) is 22.3 Å². The summed E-state index contributed by atoms with van der Waals surface area (Å²) in [5, 5.41) is 11.5. The quantitative estimate of drug-likeness (QED) is 0.166. The van der Waals surface area contributed by atoms with E-state index < -0.39 is 0 Å². The Kier molecular flexibility index (Phi) is 26.8. The molecule has 0 aliphatic carbocycles. The number of nitrogens with zero attached hydrogens (tertiary/aromatic N) is 10. The van der Waals surface area contributed by atoms with E-state index in [0.29, 0.717) is 13.1 Å². The van der Waals surface area contributed by atoms with E-state index in [0.717, 1.165) is 115 Å². The fraction of sp³-hybridized carbons (Fsp3) is 0.371. The van der Waals surface area contributed by atoms with Crippen molar-refractivity contribution < 1.29 is 13.9 Å². The second-order valence-corrected chi connectivity index (χ2v) is 30.5. The summed E-state index contributed by atoms with van der Waals surface area (Å²) in [5.41, 5.74) is 24.5. The number of likely N-dealkylation sites (tertiary alicyclic amines) is 1. The fourth-order valence-electron chi connectivity index (χ4n) is 15.8. The Labute approximate surface area is 639 Å². The molecule has 0 atom stereocenters. The van der Waals surface area contributed by atoms with Gasteiger partial charge in [-0.2, -0.15) is 5.26 Å². The van der Waals surface area contributed by atoms with Crippen LogP contribution in [0.4, 0.5) is 49.0 Å². The van der Waals surface area contributed by atoms with E-state index in [9.17, 15) is 9.18 Å². The van der Waals surface area contributed by atoms with Crippen molar-refractivity contribution in [1.82, 2.24) is 9.80 Å². The van der Waals surface area contributed by atoms with Gasteiger partial charge in [0.2, 0.25) is 0 Å². The number of para-hydroxylation sites is 3. The van der Waals surface area contributed by atoms with E-state index in [1.165, 1.54) is 142 Å². The van der Waals surface area contributed by atoms with Crippen molar-refractivity contribution in [3.63, 3.8) is 0 Å². The van der Waals surface area contributed by atoms with Crippen LogP contribution in [0.2, 0.25) is 15.1 Å². The zero-order valence-electron chi connectivity index (χ0n) is 63.0. The number of benzene rings is 9. The van der Waals surface area contributed by atoms with Gasteiger partial charge in [-0.05, 0) is 225 Å². The fourth-order valence-corrected chi connectivity index (χ4v) is 16.6. The SMILES string of the molecule is CN1CC2(CCN(C(=O)OCc3ccccc3)CC2)c2cc(F)ccc21.CN1CCCc2c(Cl)cccc21.CN1CCCc2ccccc21.CN1CCc2c(C#N)cccc21.CN1CCc2ccc(Cl)cc2C1.CN1CCc2cccc(Cl)c21.CN1CCc2ccccc21.Cc1ccc2c(c1)N(C)CC2. The molecule has 9 aliphatic heterocycles. The molecular weight excluding hydrogens is 1370 g/mol. The average Bonchev–Trinajstić information content (AvgIpc) is 1.60. The van der Waals surface area contributed by atoms with Crippen molar-refractivity contribution in [3.05, 3.63) is 276 Å². The maximum absolute atomic E-state index is 13.8. The average molecular weight is 1470 g/mol. The molecule has 0 bridgehead atoms. The lowest BCUT2D eigenvalue weighted by molar-refractivity contribution is 0.0790. The Morgan fingerprint density at radius 1 is 0.457 bits per heavy atom. The van der Waals surface area contributed by atoms with Gasteiger partial charge in [0, 0.05) is 171 Å². The van der Waals surface area contributed by atoms with Crippen molar-refractivity contribution in [2.24, 2.45) is 0 Å². The summed E-state index contributed by atoms with van der Waals surface area (Å²) >= 11 is 18.0. The minimum atomic E-state index is -0.269. The van der Waals surface area contributed by atoms with Crippen LogP contribution in [0.1, 0.15) is 92.4 Å². The number of carbonyl (C=O) groups excluding carboxylic acids is 1. The molecule has 1 spiro atoms. The zero-order chi connectivity index (χ0) is 74.2. The molecule has 0 N–H and O–H groups in total. The predicted molar refractivity (Wildman–Crippen MR) is 439 cm³/mol. The molecule has 1 saturated heterocycles. The molecule has 1 fully saturated rings. The van der Waals surface area contributed by atoms with Gasteiger partial charge in [-0.3, -0.25) is 0 Å². The van der Waals surface area contributed by atoms with Crippen LogP contribution in [-0.2, 0) is 68.2 Å². The highest BCUT2D eigenvalue weighted by molar-refractivity contribution is 6.33. The highest BCUT2D eigenvalue weighted by Crippen LogP contribution is 2.47. The third-order valence-electron chi connectivity index (χ3n) is 21.8. The minimum Gasteiger partial charge on any atom is -0.445 e. The van der Waals surface area contributed by atoms with Crippen molar-refractivity contribution in [1.29, 1.82) is 5.26 Å². The second-order valence-electron chi connectivity index (χ2n) is 29.3. The Balaban J connectivity index is 0.000000123. The summed E-state index contributed by atoms with van der Waals surface area (Å²) in [7, 11) is 16.9. The molecule has 9 aliphatic rings. The van der Waals surface area contributed by atoms with Gasteiger partial charge in [0.15, 0.2) is 0 Å². The normalized spacial score (nSPS) is 16.3. The highest BCUT2D eigenvalue weighted by Gasteiger charge is 2.45. The Morgan fingerprint density at radius 3 is 1.70 bits per heavy atom. The first-order valence-electron chi connectivity index (χ1n) is 37.3. The monoisotopic (exact) mass is 1470 g/mol. The molecule has 0 aromatic heterocycles. The number of aryl methyl sites for hydroxylation is 2. The number of rotatable bonds is 2. The maximum Gasteiger partial charge on any atom is 0.410 e. The number of amides is 1. The molecule has 0 unspecified atom stereocenters. The van der Waals surface area contributed by atoms with Crippen LogP contribution in [-0.4, -0.2) is 138 Å². The molecular formula is C89H104Cl3FN10O2. The number of hydrogen-bond acceptors (Lipinski definition) is 11. The van der Waals surface area contributed by atoms with Crippen LogP contribution in [0.25, 0.3) is 0 Å². The Hall–Kier alpha value is -8.90. The number of ether oxygens (including phenoxy) is 1. The standard InChI is InChI=1S/C21H23FN2O2.2C10H12ClN.C10H10N2.2C10H13N.C9H10ClN.C9H11N/c1-23-15-21(18-13-17(22)7-8-19(18)23)9-11-24(12-10-21)20(25)26-14-16-5-3-2-4-6-16;1-12-7-3-4-8-9(11)5-2-6-10(8)12;1-12-5-4-8-2-3-10(11)6-9(8)7-12;1-12-6-5-9-8(7-11)3-2-4-10(9)12;1-8-3-4-9-5-6-11(2)10(9)7-8;1-11-8-4-6-9-5-2-3-7-10(9)11;1-11-6-5-7-3-2-4-8(10)9(7)11;1-10-7-6-8-4-2-3-5-9(8)10/h2-8,13H,9-12,14-15H2,1H3;2,5-6H,3-4,7H2,1H3;2-3,6H,4-5,7H2,1H3;2-4H,5-6H2,1H3;3-4,7H,5-6H2,1-2H3;2-3,5,7H,4,6,8H2,1H3;2-4H,5-6H2,1H3;2-5H,6-7H2,1H3. The molecule has 1 amide bonds. The molecule has 18 rings (SSSR count). The summed E-state index contributed by atoms with van der Waals surface area (Å²) in [6.07, 6.45) is 12.0. The molecule has 16 heteroatoms. The molecule has 9 aromatic rings. The van der Waals surface area contributed by atoms with Crippen molar-refractivity contribution in [3.8, 4) is 6.07 Å². The lowest BCUT2D eigenvalue weighted by atomic mass is 9.74. The van der Waals surface area contributed by atoms with Gasteiger partial charge in [0.1, 0.15) is 12.4 Å². The van der Waals surface area contributed by atoms with Crippen LogP contribution >= 0.6 is 34.8 Å². The number of fused-ring (bicyclic) bond motifs is 9. The zero-order valence-corrected chi connectivity index (χ0v) is 65.2. The summed E-state index contributed by atoms with van der Waals surface area (Å²) < 4.78 is 19.2. The smallest absolute Gasteiger partial charge is 0.410 e. The van der Waals surface area contributed by atoms with Gasteiger partial charge in [0.25, 0.3) is 0 Å². The first-order chi connectivity index (χ1) is 50.8. The largest absolute Gasteiger partial charge is 0.445 e. The van der Waals surface area contributed by atoms with Gasteiger partial charge in [-0.25, -0.2) is 9.18 Å². The van der Waals surface area contributed by atoms with E-state index in [1.54, 1.807) is 11.0 Å². The van der Waals surface area contributed by atoms with Crippen molar-refractivity contribution in [2.45, 2.75) is 96.1 Å². The van der Waals surface area contributed by atoms with E-state index >= 15 is 0 Å². The highest BCUT2D eigenvalue weighted by atomic mass is 35.5. The van der Waals surface area contributed by atoms with Crippen molar-refractivity contribution >= 4 is 80.7 Å². The Morgan fingerprint density at radius 2 is 1.00 bits per heavy atom. The predicted octanol–water partition coefficient (Wildman–Crippen LogP) is 18.6. The van der Waals surface area contributed by atoms with Crippen LogP contribution in [0, 0.1) is 24.1 Å². The van der Waals surface area contributed by atoms with E-state index in [-0.39, 0.29) is 23.9 Å².